The molecule has 0 spiro atoms. The lowest BCUT2D eigenvalue weighted by molar-refractivity contribution is -0.132. The van der Waals surface area contributed by atoms with E-state index in [4.69, 9.17) is 5.73 Å². The number of H-pyrrole nitrogens is 1. The maximum absolute atomic E-state index is 12.5. The molecule has 1 saturated heterocycles. The van der Waals surface area contributed by atoms with Gasteiger partial charge in [-0.25, -0.2) is 0 Å². The van der Waals surface area contributed by atoms with Gasteiger partial charge in [-0.15, -0.1) is 0 Å². The van der Waals surface area contributed by atoms with Crippen LogP contribution < -0.4 is 5.73 Å². The zero-order valence-corrected chi connectivity index (χ0v) is 14.1. The Labute approximate surface area is 146 Å². The SMILES string of the molecule is NC(=O)c1cc([C@H]2CCCN(C(=O)CCCc3ccccn3)C2)[nH]n1. The average Bonchev–Trinajstić information content (AvgIpc) is 3.13. The fraction of sp³-hybridized carbons (Fsp3) is 0.444. The molecule has 2 aromatic rings. The highest BCUT2D eigenvalue weighted by molar-refractivity contribution is 5.90. The first-order chi connectivity index (χ1) is 12.1. The van der Waals surface area contributed by atoms with Crippen LogP contribution in [0.5, 0.6) is 0 Å². The number of amides is 2. The first kappa shape index (κ1) is 17.1. The van der Waals surface area contributed by atoms with Gasteiger partial charge < -0.3 is 10.6 Å². The van der Waals surface area contributed by atoms with Gasteiger partial charge in [-0.2, -0.15) is 5.10 Å². The van der Waals surface area contributed by atoms with Crippen molar-refractivity contribution in [3.05, 3.63) is 47.5 Å². The van der Waals surface area contributed by atoms with Crippen LogP contribution in [0.3, 0.4) is 0 Å². The zero-order valence-electron chi connectivity index (χ0n) is 14.1. The van der Waals surface area contributed by atoms with Crippen LogP contribution in [0.15, 0.2) is 30.5 Å². The van der Waals surface area contributed by atoms with Gasteiger partial charge in [0.15, 0.2) is 0 Å². The van der Waals surface area contributed by atoms with E-state index < -0.39 is 5.91 Å². The smallest absolute Gasteiger partial charge is 0.269 e. The molecule has 0 aliphatic carbocycles. The normalized spacial score (nSPS) is 17.4. The van der Waals surface area contributed by atoms with E-state index in [9.17, 15) is 9.59 Å². The fourth-order valence-corrected chi connectivity index (χ4v) is 3.25. The number of nitrogens with one attached hydrogen (secondary N) is 1. The van der Waals surface area contributed by atoms with E-state index in [1.165, 1.54) is 0 Å². The van der Waals surface area contributed by atoms with E-state index in [2.05, 4.69) is 15.2 Å². The van der Waals surface area contributed by atoms with E-state index in [1.54, 1.807) is 12.3 Å². The number of carbonyl (C=O) groups excluding carboxylic acids is 2. The molecule has 0 saturated carbocycles. The Bertz CT molecular complexity index is 728. The van der Waals surface area contributed by atoms with Crippen molar-refractivity contribution in [2.45, 2.75) is 38.0 Å². The van der Waals surface area contributed by atoms with Crippen LogP contribution in [0, 0.1) is 0 Å². The molecule has 1 aliphatic heterocycles. The molecule has 0 radical (unpaired) electrons. The Balaban J connectivity index is 1.51. The van der Waals surface area contributed by atoms with Crippen molar-refractivity contribution in [1.29, 1.82) is 0 Å². The second-order valence-corrected chi connectivity index (χ2v) is 6.43. The number of aryl methyl sites for hydroxylation is 1. The molecule has 3 N–H and O–H groups in total. The standard InChI is InChI=1S/C18H23N5O2/c19-18(25)16-11-15(21-22-16)13-5-4-10-23(12-13)17(24)8-3-7-14-6-1-2-9-20-14/h1-2,6,9,11,13H,3-5,7-8,10,12H2,(H2,19,25)(H,21,22)/t13-/m0/s1. The zero-order chi connectivity index (χ0) is 17.6. The second-order valence-electron chi connectivity index (χ2n) is 6.43. The second kappa shape index (κ2) is 7.92. The molecular formula is C18H23N5O2. The summed E-state index contributed by atoms with van der Waals surface area (Å²) in [4.78, 5) is 29.9. The number of aromatic nitrogens is 3. The highest BCUT2D eigenvalue weighted by Gasteiger charge is 2.26. The quantitative estimate of drug-likeness (QED) is 0.833. The molecule has 1 atom stereocenters. The number of piperidine rings is 1. The van der Waals surface area contributed by atoms with Gasteiger partial charge in [0.25, 0.3) is 5.91 Å². The third-order valence-corrected chi connectivity index (χ3v) is 4.61. The summed E-state index contributed by atoms with van der Waals surface area (Å²) < 4.78 is 0. The van der Waals surface area contributed by atoms with E-state index in [-0.39, 0.29) is 17.5 Å². The van der Waals surface area contributed by atoms with Crippen molar-refractivity contribution in [2.24, 2.45) is 5.73 Å². The monoisotopic (exact) mass is 341 g/mol. The van der Waals surface area contributed by atoms with Crippen molar-refractivity contribution in [1.82, 2.24) is 20.1 Å². The fourth-order valence-electron chi connectivity index (χ4n) is 3.25. The minimum atomic E-state index is -0.541. The number of carbonyl (C=O) groups is 2. The number of likely N-dealkylation sites (tertiary alicyclic amines) is 1. The molecule has 0 bridgehead atoms. The largest absolute Gasteiger partial charge is 0.364 e. The van der Waals surface area contributed by atoms with Crippen molar-refractivity contribution in [3.63, 3.8) is 0 Å². The van der Waals surface area contributed by atoms with Crippen molar-refractivity contribution in [3.8, 4) is 0 Å². The van der Waals surface area contributed by atoms with Crippen LogP contribution in [0.2, 0.25) is 0 Å². The molecule has 0 aromatic carbocycles. The Hall–Kier alpha value is -2.70. The van der Waals surface area contributed by atoms with Crippen LogP contribution in [-0.4, -0.2) is 45.0 Å². The van der Waals surface area contributed by atoms with Gasteiger partial charge in [0.05, 0.1) is 0 Å². The third-order valence-electron chi connectivity index (χ3n) is 4.61. The summed E-state index contributed by atoms with van der Waals surface area (Å²) in [6.45, 7) is 1.44. The summed E-state index contributed by atoms with van der Waals surface area (Å²) >= 11 is 0. The minimum Gasteiger partial charge on any atom is -0.364 e. The van der Waals surface area contributed by atoms with Gasteiger partial charge in [0.1, 0.15) is 5.69 Å². The Kier molecular flexibility index (Phi) is 5.42. The lowest BCUT2D eigenvalue weighted by atomic mass is 9.94. The number of nitrogens with two attached hydrogens (primary N) is 1. The molecule has 0 unspecified atom stereocenters. The maximum atomic E-state index is 12.5. The predicted octanol–water partition coefficient (Wildman–Crippen LogP) is 1.63. The number of hydrogen-bond acceptors (Lipinski definition) is 4. The van der Waals surface area contributed by atoms with E-state index in [0.29, 0.717) is 13.0 Å². The molecule has 2 amide bonds. The number of rotatable bonds is 6. The molecule has 1 fully saturated rings. The summed E-state index contributed by atoms with van der Waals surface area (Å²) in [5, 5.41) is 6.82. The Morgan fingerprint density at radius 2 is 2.24 bits per heavy atom. The molecule has 7 heteroatoms. The van der Waals surface area contributed by atoms with Gasteiger partial charge in [0.2, 0.25) is 5.91 Å². The summed E-state index contributed by atoms with van der Waals surface area (Å²) in [6, 6.07) is 7.53. The van der Waals surface area contributed by atoms with Crippen LogP contribution in [0.4, 0.5) is 0 Å². The van der Waals surface area contributed by atoms with Crippen molar-refractivity contribution in [2.75, 3.05) is 13.1 Å². The highest BCUT2D eigenvalue weighted by atomic mass is 16.2. The van der Waals surface area contributed by atoms with Crippen LogP contribution in [0.1, 0.15) is 53.5 Å². The van der Waals surface area contributed by atoms with Gasteiger partial charge in [-0.05, 0) is 43.9 Å². The minimum absolute atomic E-state index is 0.175. The van der Waals surface area contributed by atoms with Gasteiger partial charge in [0, 0.05) is 43.0 Å². The summed E-state index contributed by atoms with van der Waals surface area (Å²) in [5.74, 6) is -0.190. The molecule has 2 aromatic heterocycles. The van der Waals surface area contributed by atoms with Gasteiger partial charge >= 0.3 is 0 Å². The van der Waals surface area contributed by atoms with Crippen molar-refractivity contribution >= 4 is 11.8 Å². The summed E-state index contributed by atoms with van der Waals surface area (Å²) in [6.07, 6.45) is 5.83. The number of hydrogen-bond donors (Lipinski definition) is 2. The molecule has 1 aliphatic rings. The third kappa shape index (κ3) is 4.43. The van der Waals surface area contributed by atoms with Crippen LogP contribution in [0.25, 0.3) is 0 Å². The Morgan fingerprint density at radius 1 is 1.36 bits per heavy atom. The van der Waals surface area contributed by atoms with Crippen LogP contribution in [-0.2, 0) is 11.2 Å². The highest BCUT2D eigenvalue weighted by Crippen LogP contribution is 2.26. The molecule has 7 nitrogen and oxygen atoms in total. The number of pyridine rings is 1. The average molecular weight is 341 g/mol. The summed E-state index contributed by atoms with van der Waals surface area (Å²) in [7, 11) is 0. The lowest BCUT2D eigenvalue weighted by Gasteiger charge is -2.32. The topological polar surface area (TPSA) is 105 Å². The van der Waals surface area contributed by atoms with Crippen molar-refractivity contribution < 1.29 is 9.59 Å². The Morgan fingerprint density at radius 3 is 2.96 bits per heavy atom. The van der Waals surface area contributed by atoms with E-state index in [1.807, 2.05) is 23.1 Å². The van der Waals surface area contributed by atoms with Gasteiger partial charge in [-0.1, -0.05) is 6.07 Å². The first-order valence-electron chi connectivity index (χ1n) is 8.66. The van der Waals surface area contributed by atoms with E-state index in [0.717, 1.165) is 43.6 Å². The molecule has 132 valence electrons. The predicted molar refractivity (Wildman–Crippen MR) is 92.8 cm³/mol. The van der Waals surface area contributed by atoms with E-state index >= 15 is 0 Å². The lowest BCUT2D eigenvalue weighted by Crippen LogP contribution is -2.39. The molecular weight excluding hydrogens is 318 g/mol. The molecule has 3 rings (SSSR count). The maximum Gasteiger partial charge on any atom is 0.269 e. The number of primary amides is 1. The first-order valence-corrected chi connectivity index (χ1v) is 8.66. The van der Waals surface area contributed by atoms with Crippen LogP contribution >= 0.6 is 0 Å². The molecule has 3 heterocycles. The number of nitrogens with zero attached hydrogens (tertiary/aromatic N) is 3. The molecule has 25 heavy (non-hydrogen) atoms. The van der Waals surface area contributed by atoms with Gasteiger partial charge in [-0.3, -0.25) is 19.7 Å². The number of aromatic amines is 1. The summed E-state index contributed by atoms with van der Waals surface area (Å²) in [5.41, 5.74) is 7.38.